The molecule has 4 rings (SSSR count). The molecule has 0 radical (unpaired) electrons. The Morgan fingerprint density at radius 2 is 1.54 bits per heavy atom. The lowest BCUT2D eigenvalue weighted by molar-refractivity contribution is 0.270. The zero-order valence-corrected chi connectivity index (χ0v) is 13.3. The van der Waals surface area contributed by atoms with E-state index in [1.54, 1.807) is 18.2 Å². The molecule has 0 spiro atoms. The van der Waals surface area contributed by atoms with Crippen molar-refractivity contribution in [2.75, 3.05) is 13.2 Å². The van der Waals surface area contributed by atoms with Crippen LogP contribution in [0, 0.1) is 23.5 Å². The van der Waals surface area contributed by atoms with Gasteiger partial charge in [-0.05, 0) is 55.7 Å². The smallest absolute Gasteiger partial charge is 0.213 e. The molecule has 2 aromatic rings. The lowest BCUT2D eigenvalue weighted by Crippen LogP contribution is -2.04. The van der Waals surface area contributed by atoms with Gasteiger partial charge in [-0.2, -0.15) is 0 Å². The molecular weight excluding hydrogens is 312 g/mol. The highest BCUT2D eigenvalue weighted by Gasteiger charge is 2.24. The quantitative estimate of drug-likeness (QED) is 0.743. The normalized spacial score (nSPS) is 16.9. The Bertz CT molecular complexity index is 719. The number of rotatable bonds is 7. The molecule has 0 saturated heterocycles. The predicted octanol–water partition coefficient (Wildman–Crippen LogP) is 4.60. The number of hydrogen-bond acceptors (Lipinski definition) is 3. The van der Waals surface area contributed by atoms with E-state index in [1.807, 2.05) is 0 Å². The Balaban J connectivity index is 1.52. The van der Waals surface area contributed by atoms with Gasteiger partial charge in [-0.15, -0.1) is 0 Å². The molecule has 0 amide bonds. The lowest BCUT2D eigenvalue weighted by Gasteiger charge is -2.10. The first-order valence-corrected chi connectivity index (χ1v) is 8.41. The molecule has 3 nitrogen and oxygen atoms in total. The zero-order valence-electron chi connectivity index (χ0n) is 13.3. The molecule has 0 atom stereocenters. The van der Waals surface area contributed by atoms with Crippen molar-refractivity contribution in [1.82, 2.24) is 4.98 Å². The molecule has 24 heavy (non-hydrogen) atoms. The fourth-order valence-electron chi connectivity index (χ4n) is 2.48. The van der Waals surface area contributed by atoms with Gasteiger partial charge in [0.2, 0.25) is 5.88 Å². The maximum Gasteiger partial charge on any atom is 0.213 e. The van der Waals surface area contributed by atoms with E-state index in [2.05, 4.69) is 4.98 Å². The van der Waals surface area contributed by atoms with Crippen molar-refractivity contribution >= 4 is 0 Å². The van der Waals surface area contributed by atoms with Crippen molar-refractivity contribution in [3.63, 3.8) is 0 Å². The molecule has 1 aromatic carbocycles. The number of ether oxygens (including phenoxy) is 2. The van der Waals surface area contributed by atoms with Crippen molar-refractivity contribution in [1.29, 1.82) is 0 Å². The fraction of sp³-hybridized carbons (Fsp3) is 0.421. The summed E-state index contributed by atoms with van der Waals surface area (Å²) in [5, 5.41) is 0. The van der Waals surface area contributed by atoms with Crippen molar-refractivity contribution in [3.05, 3.63) is 42.0 Å². The van der Waals surface area contributed by atoms with E-state index in [4.69, 9.17) is 9.47 Å². The summed E-state index contributed by atoms with van der Waals surface area (Å²) in [5.74, 6) is -0.159. The van der Waals surface area contributed by atoms with Gasteiger partial charge >= 0.3 is 0 Å². The van der Waals surface area contributed by atoms with E-state index in [1.165, 1.54) is 25.0 Å². The van der Waals surface area contributed by atoms with Crippen LogP contribution in [0.4, 0.5) is 8.78 Å². The maximum absolute atomic E-state index is 14.2. The molecule has 0 aliphatic heterocycles. The van der Waals surface area contributed by atoms with Crippen molar-refractivity contribution in [3.8, 4) is 22.9 Å². The Hall–Kier alpha value is -2.17. The van der Waals surface area contributed by atoms with Crippen LogP contribution in [-0.4, -0.2) is 18.2 Å². The van der Waals surface area contributed by atoms with Crippen LogP contribution < -0.4 is 9.47 Å². The highest BCUT2D eigenvalue weighted by molar-refractivity contribution is 5.61. The second-order valence-electron chi connectivity index (χ2n) is 6.64. The molecule has 126 valence electrons. The van der Waals surface area contributed by atoms with Gasteiger partial charge in [0.25, 0.3) is 0 Å². The zero-order chi connectivity index (χ0) is 16.5. The number of hydrogen-bond donors (Lipinski definition) is 0. The summed E-state index contributed by atoms with van der Waals surface area (Å²) in [7, 11) is 0. The molecule has 2 saturated carbocycles. The van der Waals surface area contributed by atoms with E-state index >= 15 is 0 Å². The van der Waals surface area contributed by atoms with Crippen LogP contribution in [0.25, 0.3) is 11.3 Å². The minimum Gasteiger partial charge on any atom is -0.487 e. The van der Waals surface area contributed by atoms with Crippen LogP contribution in [0.2, 0.25) is 0 Å². The summed E-state index contributed by atoms with van der Waals surface area (Å²) in [6, 6.07) is 7.77. The van der Waals surface area contributed by atoms with Crippen LogP contribution in [0.15, 0.2) is 30.3 Å². The van der Waals surface area contributed by atoms with Crippen LogP contribution in [0.3, 0.4) is 0 Å². The Labute approximate surface area is 139 Å². The minimum atomic E-state index is -0.697. The molecule has 2 aliphatic rings. The molecule has 5 heteroatoms. The summed E-state index contributed by atoms with van der Waals surface area (Å²) in [6.45, 7) is 1.02. The number of pyridine rings is 1. The Morgan fingerprint density at radius 3 is 2.17 bits per heavy atom. The molecule has 1 heterocycles. The second-order valence-corrected chi connectivity index (χ2v) is 6.64. The highest BCUT2D eigenvalue weighted by Crippen LogP contribution is 2.33. The molecule has 2 aliphatic carbocycles. The molecular formula is C19H19F2NO2. The van der Waals surface area contributed by atoms with Crippen molar-refractivity contribution < 1.29 is 18.3 Å². The molecule has 0 N–H and O–H groups in total. The summed E-state index contributed by atoms with van der Waals surface area (Å²) in [4.78, 5) is 4.34. The third-order valence-electron chi connectivity index (χ3n) is 4.34. The predicted molar refractivity (Wildman–Crippen MR) is 86.0 cm³/mol. The Morgan fingerprint density at radius 1 is 0.917 bits per heavy atom. The molecule has 0 bridgehead atoms. The number of benzene rings is 1. The van der Waals surface area contributed by atoms with Crippen LogP contribution in [0.1, 0.15) is 25.7 Å². The van der Waals surface area contributed by atoms with E-state index in [9.17, 15) is 8.78 Å². The summed E-state index contributed by atoms with van der Waals surface area (Å²) in [5.41, 5.74) is 0.857. The Kier molecular flexibility index (Phi) is 4.08. The number of halogens is 2. The van der Waals surface area contributed by atoms with E-state index in [0.29, 0.717) is 42.2 Å². The van der Waals surface area contributed by atoms with Crippen molar-refractivity contribution in [2.45, 2.75) is 25.7 Å². The first-order chi connectivity index (χ1) is 11.7. The van der Waals surface area contributed by atoms with Gasteiger partial charge in [0.1, 0.15) is 0 Å². The lowest BCUT2D eigenvalue weighted by atomic mass is 10.1. The SMILES string of the molecule is Fc1cc(-c2cccc(OCC3CC3)n2)cc(F)c1OCC1CC1. The standard InChI is InChI=1S/C19H19F2NO2/c20-15-8-14(9-16(21)19(15)24-11-13-6-7-13)17-2-1-3-18(22-17)23-10-12-4-5-12/h1-3,8-9,12-13H,4-7,10-11H2. The third kappa shape index (κ3) is 3.66. The number of nitrogens with zero attached hydrogens (tertiary/aromatic N) is 1. The second kappa shape index (κ2) is 6.38. The van der Waals surface area contributed by atoms with E-state index in [-0.39, 0.29) is 5.75 Å². The largest absolute Gasteiger partial charge is 0.487 e. The van der Waals surface area contributed by atoms with Gasteiger partial charge in [-0.3, -0.25) is 0 Å². The van der Waals surface area contributed by atoms with Gasteiger partial charge in [0, 0.05) is 11.6 Å². The minimum absolute atomic E-state index is 0.299. The summed E-state index contributed by atoms with van der Waals surface area (Å²) >= 11 is 0. The highest BCUT2D eigenvalue weighted by atomic mass is 19.1. The third-order valence-corrected chi connectivity index (χ3v) is 4.34. The average molecular weight is 331 g/mol. The van der Waals surface area contributed by atoms with E-state index < -0.39 is 11.6 Å². The van der Waals surface area contributed by atoms with Gasteiger partial charge in [-0.25, -0.2) is 13.8 Å². The van der Waals surface area contributed by atoms with Crippen molar-refractivity contribution in [2.24, 2.45) is 11.8 Å². The van der Waals surface area contributed by atoms with E-state index in [0.717, 1.165) is 12.8 Å². The summed E-state index contributed by atoms with van der Waals surface area (Å²) < 4.78 is 39.3. The fourth-order valence-corrected chi connectivity index (χ4v) is 2.48. The van der Waals surface area contributed by atoms with Crippen LogP contribution in [0.5, 0.6) is 11.6 Å². The molecule has 2 fully saturated rings. The number of aromatic nitrogens is 1. The van der Waals surface area contributed by atoms with Crippen LogP contribution >= 0.6 is 0 Å². The molecule has 0 unspecified atom stereocenters. The monoisotopic (exact) mass is 331 g/mol. The van der Waals surface area contributed by atoms with Gasteiger partial charge in [0.15, 0.2) is 17.4 Å². The maximum atomic E-state index is 14.2. The van der Waals surface area contributed by atoms with Crippen LogP contribution in [-0.2, 0) is 0 Å². The van der Waals surface area contributed by atoms with Gasteiger partial charge < -0.3 is 9.47 Å². The summed E-state index contributed by atoms with van der Waals surface area (Å²) in [6.07, 6.45) is 4.52. The molecule has 1 aromatic heterocycles. The average Bonchev–Trinajstić information content (AvgIpc) is 3.46. The van der Waals surface area contributed by atoms with Gasteiger partial charge in [0.05, 0.1) is 18.9 Å². The topological polar surface area (TPSA) is 31.4 Å². The van der Waals surface area contributed by atoms with Gasteiger partial charge in [-0.1, -0.05) is 6.07 Å². The first kappa shape index (κ1) is 15.4. The first-order valence-electron chi connectivity index (χ1n) is 8.41.